The summed E-state index contributed by atoms with van der Waals surface area (Å²) in [5.41, 5.74) is -0.670. The first-order valence-electron chi connectivity index (χ1n) is 16.6. The molecule has 2 aliphatic carbocycles. The summed E-state index contributed by atoms with van der Waals surface area (Å²) in [6, 6.07) is 31.3. The van der Waals surface area contributed by atoms with Crippen molar-refractivity contribution in [3.63, 3.8) is 0 Å². The van der Waals surface area contributed by atoms with Gasteiger partial charge in [0.05, 0.1) is 17.0 Å². The zero-order chi connectivity index (χ0) is 33.7. The van der Waals surface area contributed by atoms with Gasteiger partial charge in [-0.05, 0) is 90.2 Å². The van der Waals surface area contributed by atoms with Crippen molar-refractivity contribution in [3.8, 4) is 0 Å². The molecular formula is C41H31ClF2N2O3. The van der Waals surface area contributed by atoms with Crippen LogP contribution in [0.25, 0.3) is 10.8 Å². The quantitative estimate of drug-likeness (QED) is 0.193. The number of carbonyl (C=O) groups excluding carboxylic acids is 2. The predicted molar refractivity (Wildman–Crippen MR) is 184 cm³/mol. The van der Waals surface area contributed by atoms with Crippen molar-refractivity contribution < 1.29 is 23.2 Å². The van der Waals surface area contributed by atoms with Gasteiger partial charge in [-0.2, -0.15) is 0 Å². The molecule has 49 heavy (non-hydrogen) atoms. The lowest BCUT2D eigenvalue weighted by Crippen LogP contribution is -2.66. The molecule has 4 aliphatic rings. The van der Waals surface area contributed by atoms with Gasteiger partial charge in [0.25, 0.3) is 0 Å². The van der Waals surface area contributed by atoms with E-state index >= 15 is 18.4 Å². The van der Waals surface area contributed by atoms with Crippen molar-refractivity contribution in [1.82, 2.24) is 4.90 Å². The highest BCUT2D eigenvalue weighted by Gasteiger charge is 2.78. The number of likely N-dealkylation sites (tertiary alicyclic amines) is 1. The Kier molecular flexibility index (Phi) is 6.59. The van der Waals surface area contributed by atoms with Gasteiger partial charge in [0.1, 0.15) is 17.2 Å². The molecule has 2 aliphatic heterocycles. The summed E-state index contributed by atoms with van der Waals surface area (Å²) < 4.78 is 30.1. The molecule has 0 N–H and O–H groups in total. The molecule has 5 atom stereocenters. The summed E-state index contributed by atoms with van der Waals surface area (Å²) in [7, 11) is 1.90. The first kappa shape index (κ1) is 30.3. The fraction of sp³-hybridized carbons (Fsp3) is 0.244. The zero-order valence-corrected chi connectivity index (χ0v) is 27.4. The normalized spacial score (nSPS) is 29.0. The van der Waals surface area contributed by atoms with Crippen molar-refractivity contribution in [1.29, 1.82) is 0 Å². The van der Waals surface area contributed by atoms with Crippen LogP contribution in [0.3, 0.4) is 0 Å². The van der Waals surface area contributed by atoms with Gasteiger partial charge in [-0.1, -0.05) is 89.6 Å². The lowest BCUT2D eigenvalue weighted by molar-refractivity contribution is -0.167. The third-order valence-electron chi connectivity index (χ3n) is 11.7. The maximum absolute atomic E-state index is 16.3. The minimum atomic E-state index is -1.58. The van der Waals surface area contributed by atoms with Crippen molar-refractivity contribution in [2.75, 3.05) is 13.6 Å². The Hall–Kier alpha value is -4.72. The van der Waals surface area contributed by atoms with E-state index in [1.54, 1.807) is 30.3 Å². The van der Waals surface area contributed by atoms with Crippen LogP contribution in [0, 0.1) is 17.0 Å². The van der Waals surface area contributed by atoms with Crippen LogP contribution in [0.1, 0.15) is 63.7 Å². The largest absolute Gasteiger partial charge is 0.380 e. The number of fused-ring (bicyclic) bond motifs is 2. The lowest BCUT2D eigenvalue weighted by atomic mass is 9.49. The zero-order valence-electron chi connectivity index (χ0n) is 26.6. The molecule has 8 heteroatoms. The van der Waals surface area contributed by atoms with Crippen LogP contribution in [0.4, 0.5) is 8.78 Å². The van der Waals surface area contributed by atoms with Gasteiger partial charge >= 0.3 is 0 Å². The number of Topliss-reactive ketones (excluding diaryl/α,β-unsaturated/α-hetero) is 2. The number of ketones is 2. The molecular weight excluding hydrogens is 642 g/mol. The van der Waals surface area contributed by atoms with Crippen LogP contribution in [0.15, 0.2) is 114 Å². The standard InChI is InChI=1S/C41H31ClF2N2O3/c1-46-23-33(26-9-2-11-29(43)21-26)39(41(46)32-14-5-8-24-7-4-13-31(34(24)32)37(41)47)19-6-20-40(38(39)48)35(27-10-3-12-30(44)22-27)36(45-49-40)25-15-17-28(42)18-16-25/h2-5,7-18,21-22,33,35H,6,19-20,23H2,1H3/t33-,35+,39+,40?,41+/m1/s1. The number of carbonyl (C=O) groups is 2. The van der Waals surface area contributed by atoms with E-state index in [0.717, 1.165) is 16.3 Å². The van der Waals surface area contributed by atoms with E-state index in [9.17, 15) is 0 Å². The van der Waals surface area contributed by atoms with Gasteiger partial charge in [0.2, 0.25) is 5.60 Å². The van der Waals surface area contributed by atoms with E-state index in [4.69, 9.17) is 16.4 Å². The smallest absolute Gasteiger partial charge is 0.208 e. The number of likely N-dealkylation sites (N-methyl/N-ethyl adjacent to an activating group) is 1. The molecule has 0 bridgehead atoms. The molecule has 5 nitrogen and oxygen atoms in total. The molecule has 2 heterocycles. The van der Waals surface area contributed by atoms with Crippen molar-refractivity contribution in [2.45, 2.75) is 42.2 Å². The Balaban J connectivity index is 1.32. The van der Waals surface area contributed by atoms with E-state index in [0.29, 0.717) is 58.8 Å². The van der Waals surface area contributed by atoms with E-state index in [1.165, 1.54) is 24.3 Å². The Morgan fingerprint density at radius 2 is 1.51 bits per heavy atom. The third-order valence-corrected chi connectivity index (χ3v) is 11.9. The van der Waals surface area contributed by atoms with Crippen molar-refractivity contribution >= 4 is 39.7 Å². The molecule has 5 aromatic rings. The average Bonchev–Trinajstić information content (AvgIpc) is 3.70. The summed E-state index contributed by atoms with van der Waals surface area (Å²) in [5, 5.41) is 6.91. The molecule has 1 unspecified atom stereocenters. The number of hydrogen-bond donors (Lipinski definition) is 0. The monoisotopic (exact) mass is 672 g/mol. The molecule has 0 amide bonds. The topological polar surface area (TPSA) is 59.0 Å². The maximum Gasteiger partial charge on any atom is 0.208 e. The van der Waals surface area contributed by atoms with Gasteiger partial charge in [-0.25, -0.2) is 8.78 Å². The third kappa shape index (κ3) is 3.86. The first-order chi connectivity index (χ1) is 23.7. The predicted octanol–water partition coefficient (Wildman–Crippen LogP) is 8.59. The molecule has 5 aromatic carbocycles. The number of hydrogen-bond acceptors (Lipinski definition) is 5. The molecule has 1 saturated heterocycles. The van der Waals surface area contributed by atoms with Crippen LogP contribution in [-0.2, 0) is 15.2 Å². The summed E-state index contributed by atoms with van der Waals surface area (Å²) in [6.07, 6.45) is 1.18. The average molecular weight is 673 g/mol. The Morgan fingerprint density at radius 3 is 2.24 bits per heavy atom. The van der Waals surface area contributed by atoms with E-state index in [1.807, 2.05) is 66.5 Å². The maximum atomic E-state index is 16.3. The lowest BCUT2D eigenvalue weighted by Gasteiger charge is -2.53. The van der Waals surface area contributed by atoms with Gasteiger partial charge in [0.15, 0.2) is 11.6 Å². The number of halogens is 3. The molecule has 3 spiro atoms. The van der Waals surface area contributed by atoms with Crippen LogP contribution in [0.2, 0.25) is 5.02 Å². The summed E-state index contributed by atoms with van der Waals surface area (Å²) >= 11 is 6.26. The molecule has 1 saturated carbocycles. The van der Waals surface area contributed by atoms with Crippen LogP contribution >= 0.6 is 11.6 Å². The number of oxime groups is 1. The first-order valence-corrected chi connectivity index (χ1v) is 17.0. The second-order valence-corrected chi connectivity index (χ2v) is 14.3. The van der Waals surface area contributed by atoms with Gasteiger partial charge in [0, 0.05) is 28.6 Å². The van der Waals surface area contributed by atoms with Gasteiger partial charge in [-0.15, -0.1) is 0 Å². The van der Waals surface area contributed by atoms with Crippen LogP contribution in [-0.4, -0.2) is 41.4 Å². The Morgan fingerprint density at radius 1 is 0.837 bits per heavy atom. The second-order valence-electron chi connectivity index (χ2n) is 13.8. The fourth-order valence-corrected chi connectivity index (χ4v) is 10.1. The highest BCUT2D eigenvalue weighted by Crippen LogP contribution is 2.69. The number of nitrogens with zero attached hydrogens (tertiary/aromatic N) is 2. The molecule has 0 radical (unpaired) electrons. The minimum Gasteiger partial charge on any atom is -0.380 e. The second kappa shape index (κ2) is 10.6. The Labute approximate surface area is 287 Å². The number of benzene rings is 5. The van der Waals surface area contributed by atoms with E-state index in [2.05, 4.69) is 5.16 Å². The van der Waals surface area contributed by atoms with Crippen molar-refractivity contribution in [3.05, 3.63) is 154 Å². The van der Waals surface area contributed by atoms with Crippen LogP contribution in [0.5, 0.6) is 0 Å². The highest BCUT2D eigenvalue weighted by atomic mass is 35.5. The van der Waals surface area contributed by atoms with Crippen molar-refractivity contribution in [2.24, 2.45) is 10.6 Å². The molecule has 2 fully saturated rings. The van der Waals surface area contributed by atoms with E-state index < -0.39 is 40.0 Å². The Bertz CT molecular complexity index is 2250. The van der Waals surface area contributed by atoms with E-state index in [-0.39, 0.29) is 11.6 Å². The van der Waals surface area contributed by atoms with Crippen LogP contribution < -0.4 is 0 Å². The minimum absolute atomic E-state index is 0.148. The molecule has 0 aromatic heterocycles. The summed E-state index contributed by atoms with van der Waals surface area (Å²) in [6.45, 7) is 0.330. The summed E-state index contributed by atoms with van der Waals surface area (Å²) in [5.74, 6) is -2.64. The fourth-order valence-electron chi connectivity index (χ4n) is 9.93. The highest BCUT2D eigenvalue weighted by molar-refractivity contribution is 6.30. The SMILES string of the molecule is CN1C[C@H](c2cccc(F)c2)[C@]2(CCCC3(ON=C(c4ccc(Cl)cc4)[C@@H]3c3cccc(F)c3)C2=O)[C@]12C(=O)c1cccc3cccc2c13. The number of rotatable bonds is 3. The molecule has 9 rings (SSSR count). The van der Waals surface area contributed by atoms with Gasteiger partial charge < -0.3 is 4.84 Å². The summed E-state index contributed by atoms with van der Waals surface area (Å²) in [4.78, 5) is 40.1. The van der Waals surface area contributed by atoms with Gasteiger partial charge in [-0.3, -0.25) is 14.5 Å². The molecule has 244 valence electrons.